The van der Waals surface area contributed by atoms with Gasteiger partial charge in [-0.05, 0) is 26.4 Å². The Morgan fingerprint density at radius 3 is 2.72 bits per heavy atom. The minimum Gasteiger partial charge on any atom is -0.368 e. The molecule has 1 aliphatic rings. The lowest BCUT2D eigenvalue weighted by Gasteiger charge is -2.20. The van der Waals surface area contributed by atoms with Crippen molar-refractivity contribution in [2.45, 2.75) is 26.2 Å². The molecule has 1 aromatic heterocycles. The summed E-state index contributed by atoms with van der Waals surface area (Å²) >= 11 is 0. The van der Waals surface area contributed by atoms with Crippen LogP contribution in [0.4, 0.5) is 11.9 Å². The van der Waals surface area contributed by atoms with Gasteiger partial charge in [0.25, 0.3) is 0 Å². The van der Waals surface area contributed by atoms with Gasteiger partial charge >= 0.3 is 0 Å². The molecule has 0 atom stereocenters. The third-order valence-corrected chi connectivity index (χ3v) is 3.16. The molecular formula is C12H22N6. The van der Waals surface area contributed by atoms with Crippen LogP contribution in [0.25, 0.3) is 0 Å². The van der Waals surface area contributed by atoms with Crippen LogP contribution in [0.5, 0.6) is 0 Å². The lowest BCUT2D eigenvalue weighted by atomic mass is 10.3. The van der Waals surface area contributed by atoms with E-state index in [0.29, 0.717) is 5.95 Å². The van der Waals surface area contributed by atoms with E-state index in [1.54, 1.807) is 0 Å². The van der Waals surface area contributed by atoms with Gasteiger partial charge < -0.3 is 15.5 Å². The standard InChI is InChI=1S/C12H22N6/c1-3-5-10-14-11(13)16-12(15-10)18-7-4-6-17(2)8-9-18/h3-9H2,1-2H3,(H2,13,14,15,16). The average Bonchev–Trinajstić information content (AvgIpc) is 2.54. The van der Waals surface area contributed by atoms with Crippen molar-refractivity contribution >= 4 is 11.9 Å². The number of anilines is 2. The van der Waals surface area contributed by atoms with Gasteiger partial charge in [0.1, 0.15) is 5.82 Å². The highest BCUT2D eigenvalue weighted by Crippen LogP contribution is 2.12. The number of nitrogen functional groups attached to an aromatic ring is 1. The number of hydrogen-bond donors (Lipinski definition) is 1. The summed E-state index contributed by atoms with van der Waals surface area (Å²) in [6, 6.07) is 0. The van der Waals surface area contributed by atoms with Crippen LogP contribution in [0.2, 0.25) is 0 Å². The maximum absolute atomic E-state index is 5.76. The van der Waals surface area contributed by atoms with Gasteiger partial charge in [-0.25, -0.2) is 0 Å². The van der Waals surface area contributed by atoms with Gasteiger partial charge in [-0.3, -0.25) is 0 Å². The van der Waals surface area contributed by atoms with Crippen molar-refractivity contribution in [2.24, 2.45) is 0 Å². The van der Waals surface area contributed by atoms with Crippen LogP contribution in [-0.2, 0) is 6.42 Å². The van der Waals surface area contributed by atoms with E-state index in [9.17, 15) is 0 Å². The van der Waals surface area contributed by atoms with E-state index in [4.69, 9.17) is 5.73 Å². The van der Waals surface area contributed by atoms with Crippen molar-refractivity contribution < 1.29 is 0 Å². The molecular weight excluding hydrogens is 228 g/mol. The Labute approximate surface area is 108 Å². The molecule has 0 aliphatic carbocycles. The highest BCUT2D eigenvalue weighted by molar-refractivity contribution is 5.34. The molecule has 0 bridgehead atoms. The van der Waals surface area contributed by atoms with E-state index in [2.05, 4.69) is 38.7 Å². The lowest BCUT2D eigenvalue weighted by molar-refractivity contribution is 0.360. The first-order valence-corrected chi connectivity index (χ1v) is 6.63. The van der Waals surface area contributed by atoms with Crippen LogP contribution in [0, 0.1) is 0 Å². The first-order chi connectivity index (χ1) is 8.69. The molecule has 1 aromatic rings. The SMILES string of the molecule is CCCc1nc(N)nc(N2CCCN(C)CC2)n1. The minimum absolute atomic E-state index is 0.334. The fourth-order valence-electron chi connectivity index (χ4n) is 2.15. The molecule has 1 saturated heterocycles. The summed E-state index contributed by atoms with van der Waals surface area (Å²) in [5.74, 6) is 1.87. The molecule has 0 spiro atoms. The quantitative estimate of drug-likeness (QED) is 0.844. The average molecular weight is 250 g/mol. The Kier molecular flexibility index (Phi) is 4.30. The Balaban J connectivity index is 2.15. The highest BCUT2D eigenvalue weighted by atomic mass is 15.3. The molecule has 0 amide bonds. The second-order valence-corrected chi connectivity index (χ2v) is 4.80. The van der Waals surface area contributed by atoms with E-state index < -0.39 is 0 Å². The summed E-state index contributed by atoms with van der Waals surface area (Å²) in [7, 11) is 2.15. The van der Waals surface area contributed by atoms with E-state index >= 15 is 0 Å². The molecule has 1 fully saturated rings. The summed E-state index contributed by atoms with van der Waals surface area (Å²) in [4.78, 5) is 17.5. The van der Waals surface area contributed by atoms with Gasteiger partial charge in [-0.2, -0.15) is 15.0 Å². The molecule has 2 rings (SSSR count). The summed E-state index contributed by atoms with van der Waals surface area (Å²) in [6.45, 7) is 6.21. The zero-order chi connectivity index (χ0) is 13.0. The van der Waals surface area contributed by atoms with Gasteiger partial charge in [-0.1, -0.05) is 6.92 Å². The number of nitrogens with zero attached hydrogens (tertiary/aromatic N) is 5. The molecule has 0 saturated carbocycles. The zero-order valence-corrected chi connectivity index (χ0v) is 11.3. The third-order valence-electron chi connectivity index (χ3n) is 3.16. The maximum atomic E-state index is 5.76. The van der Waals surface area contributed by atoms with Crippen LogP contribution in [0.15, 0.2) is 0 Å². The van der Waals surface area contributed by atoms with Crippen molar-refractivity contribution in [3.63, 3.8) is 0 Å². The fraction of sp³-hybridized carbons (Fsp3) is 0.750. The molecule has 2 heterocycles. The Bertz CT molecular complexity index is 394. The molecule has 0 radical (unpaired) electrons. The first kappa shape index (κ1) is 13.0. The molecule has 0 unspecified atom stereocenters. The largest absolute Gasteiger partial charge is 0.368 e. The van der Waals surface area contributed by atoms with Crippen molar-refractivity contribution in [3.05, 3.63) is 5.82 Å². The topological polar surface area (TPSA) is 71.2 Å². The first-order valence-electron chi connectivity index (χ1n) is 6.63. The van der Waals surface area contributed by atoms with Gasteiger partial charge in [0.2, 0.25) is 11.9 Å². The number of rotatable bonds is 3. The molecule has 6 heteroatoms. The van der Waals surface area contributed by atoms with Crippen LogP contribution in [0.1, 0.15) is 25.6 Å². The summed E-state index contributed by atoms with van der Waals surface area (Å²) in [6.07, 6.45) is 3.00. The summed E-state index contributed by atoms with van der Waals surface area (Å²) in [5, 5.41) is 0. The van der Waals surface area contributed by atoms with Gasteiger partial charge in [0.15, 0.2) is 0 Å². The number of likely N-dealkylation sites (N-methyl/N-ethyl adjacent to an activating group) is 1. The van der Waals surface area contributed by atoms with Gasteiger partial charge in [0.05, 0.1) is 0 Å². The van der Waals surface area contributed by atoms with Gasteiger partial charge in [-0.15, -0.1) is 0 Å². The van der Waals surface area contributed by atoms with Crippen molar-refractivity contribution in [2.75, 3.05) is 43.9 Å². The van der Waals surface area contributed by atoms with Crippen LogP contribution in [-0.4, -0.2) is 53.1 Å². The highest BCUT2D eigenvalue weighted by Gasteiger charge is 2.16. The number of aromatic nitrogens is 3. The predicted octanol–water partition coefficient (Wildman–Crippen LogP) is 0.548. The number of hydrogen-bond acceptors (Lipinski definition) is 6. The molecule has 100 valence electrons. The third kappa shape index (κ3) is 3.29. The number of nitrogens with two attached hydrogens (primary N) is 1. The van der Waals surface area contributed by atoms with Crippen LogP contribution >= 0.6 is 0 Å². The second kappa shape index (κ2) is 5.95. The van der Waals surface area contributed by atoms with E-state index in [0.717, 1.165) is 57.2 Å². The Morgan fingerprint density at radius 1 is 1.11 bits per heavy atom. The summed E-state index contributed by atoms with van der Waals surface area (Å²) < 4.78 is 0. The predicted molar refractivity (Wildman–Crippen MR) is 72.6 cm³/mol. The van der Waals surface area contributed by atoms with E-state index in [1.165, 1.54) is 0 Å². The Hall–Kier alpha value is -1.43. The second-order valence-electron chi connectivity index (χ2n) is 4.80. The molecule has 0 aromatic carbocycles. The molecule has 1 aliphatic heterocycles. The lowest BCUT2D eigenvalue weighted by Crippen LogP contribution is -2.30. The Morgan fingerprint density at radius 2 is 1.94 bits per heavy atom. The van der Waals surface area contributed by atoms with Crippen LogP contribution in [0.3, 0.4) is 0 Å². The van der Waals surface area contributed by atoms with E-state index in [-0.39, 0.29) is 0 Å². The van der Waals surface area contributed by atoms with E-state index in [1.807, 2.05) is 0 Å². The fourth-order valence-corrected chi connectivity index (χ4v) is 2.15. The van der Waals surface area contributed by atoms with Crippen LogP contribution < -0.4 is 10.6 Å². The smallest absolute Gasteiger partial charge is 0.230 e. The van der Waals surface area contributed by atoms with Crippen molar-refractivity contribution in [3.8, 4) is 0 Å². The summed E-state index contributed by atoms with van der Waals surface area (Å²) in [5.41, 5.74) is 5.76. The minimum atomic E-state index is 0.334. The molecule has 2 N–H and O–H groups in total. The molecule has 18 heavy (non-hydrogen) atoms. The van der Waals surface area contributed by atoms with Gasteiger partial charge in [0, 0.05) is 26.1 Å². The zero-order valence-electron chi connectivity index (χ0n) is 11.3. The normalized spacial score (nSPS) is 17.8. The maximum Gasteiger partial charge on any atom is 0.230 e. The van der Waals surface area contributed by atoms with Crippen molar-refractivity contribution in [1.82, 2.24) is 19.9 Å². The van der Waals surface area contributed by atoms with Crippen molar-refractivity contribution in [1.29, 1.82) is 0 Å². The number of aryl methyl sites for hydroxylation is 1. The monoisotopic (exact) mass is 250 g/mol. The molecule has 6 nitrogen and oxygen atoms in total.